The van der Waals surface area contributed by atoms with Crippen LogP contribution in [0.4, 0.5) is 22.9 Å². The quantitative estimate of drug-likeness (QED) is 0.442. The lowest BCUT2D eigenvalue weighted by Crippen LogP contribution is -2.11. The molecule has 1 aromatic heterocycles. The van der Waals surface area contributed by atoms with Crippen LogP contribution in [0.3, 0.4) is 0 Å². The minimum absolute atomic E-state index is 0.00269. The summed E-state index contributed by atoms with van der Waals surface area (Å²) in [4.78, 5) is 30.0. The fourth-order valence-corrected chi connectivity index (χ4v) is 1.76. The van der Waals surface area contributed by atoms with Crippen LogP contribution in [0.5, 0.6) is 0 Å². The Labute approximate surface area is 133 Å². The van der Waals surface area contributed by atoms with Gasteiger partial charge >= 0.3 is 11.6 Å². The molecule has 124 valence electrons. The first kappa shape index (κ1) is 16.5. The number of furan rings is 1. The van der Waals surface area contributed by atoms with Crippen molar-refractivity contribution in [3.63, 3.8) is 0 Å². The predicted molar refractivity (Wildman–Crippen MR) is 81.1 cm³/mol. The minimum atomic E-state index is -0.772. The number of rotatable bonds is 6. The average molecular weight is 335 g/mol. The average Bonchev–Trinajstić information content (AvgIpc) is 3.01. The van der Waals surface area contributed by atoms with Gasteiger partial charge in [-0.15, -0.1) is 0 Å². The van der Waals surface area contributed by atoms with Crippen LogP contribution in [0.15, 0.2) is 39.9 Å². The van der Waals surface area contributed by atoms with E-state index >= 15 is 0 Å². The molecule has 24 heavy (non-hydrogen) atoms. The van der Waals surface area contributed by atoms with E-state index < -0.39 is 32.0 Å². The number of hydrazone groups is 1. The van der Waals surface area contributed by atoms with E-state index in [-0.39, 0.29) is 11.4 Å². The van der Waals surface area contributed by atoms with Gasteiger partial charge < -0.3 is 4.42 Å². The molecule has 0 amide bonds. The largest absolute Gasteiger partial charge is 0.433 e. The van der Waals surface area contributed by atoms with Crippen molar-refractivity contribution in [3.8, 4) is 0 Å². The van der Waals surface area contributed by atoms with Crippen molar-refractivity contribution in [2.45, 2.75) is 0 Å². The monoisotopic (exact) mass is 335 g/mol. The number of anilines is 1. The summed E-state index contributed by atoms with van der Waals surface area (Å²) in [6.45, 7) is 0. The highest BCUT2D eigenvalue weighted by Crippen LogP contribution is 2.31. The Balaban J connectivity index is 2.29. The van der Waals surface area contributed by atoms with Gasteiger partial charge in [0.15, 0.2) is 5.76 Å². The molecule has 0 aliphatic heterocycles. The lowest BCUT2D eigenvalue weighted by molar-refractivity contribution is -0.402. The number of nitrogens with zero attached hydrogens (tertiary/aromatic N) is 5. The van der Waals surface area contributed by atoms with Crippen molar-refractivity contribution in [3.05, 3.63) is 66.4 Å². The van der Waals surface area contributed by atoms with Gasteiger partial charge in [-0.1, -0.05) is 0 Å². The second kappa shape index (κ2) is 6.51. The zero-order valence-corrected chi connectivity index (χ0v) is 12.1. The fraction of sp³-hybridized carbons (Fsp3) is 0.0833. The molecule has 0 aliphatic carbocycles. The first-order valence-corrected chi connectivity index (χ1v) is 6.24. The molecule has 0 N–H and O–H groups in total. The highest BCUT2D eigenvalue weighted by molar-refractivity contribution is 5.78. The number of hydrogen-bond donors (Lipinski definition) is 0. The van der Waals surface area contributed by atoms with Gasteiger partial charge in [0.05, 0.1) is 28.2 Å². The molecule has 1 aromatic carbocycles. The van der Waals surface area contributed by atoms with E-state index in [1.54, 1.807) is 0 Å². The molecule has 2 rings (SSSR count). The topological polar surface area (TPSA) is 158 Å². The molecule has 1 heterocycles. The van der Waals surface area contributed by atoms with E-state index in [4.69, 9.17) is 4.42 Å². The summed E-state index contributed by atoms with van der Waals surface area (Å²) in [5.41, 5.74) is -0.929. The Bertz CT molecular complexity index is 844. The van der Waals surface area contributed by atoms with Crippen molar-refractivity contribution in [1.29, 1.82) is 0 Å². The maximum Gasteiger partial charge on any atom is 0.433 e. The fourth-order valence-electron chi connectivity index (χ4n) is 1.76. The first-order valence-electron chi connectivity index (χ1n) is 6.24. The summed E-state index contributed by atoms with van der Waals surface area (Å²) in [6, 6.07) is 5.54. The van der Waals surface area contributed by atoms with Crippen LogP contribution in [0.1, 0.15) is 5.76 Å². The van der Waals surface area contributed by atoms with Gasteiger partial charge in [-0.2, -0.15) is 5.10 Å². The number of benzene rings is 1. The molecule has 2 aromatic rings. The van der Waals surface area contributed by atoms with Gasteiger partial charge in [-0.05, 0) is 12.1 Å². The van der Waals surface area contributed by atoms with E-state index in [1.807, 2.05) is 0 Å². The molecular formula is C12H9N5O7. The summed E-state index contributed by atoms with van der Waals surface area (Å²) < 4.78 is 4.86. The zero-order valence-electron chi connectivity index (χ0n) is 12.1. The third kappa shape index (κ3) is 3.49. The molecule has 0 spiro atoms. The van der Waals surface area contributed by atoms with Crippen LogP contribution in [0, 0.1) is 30.3 Å². The molecule has 12 nitrogen and oxygen atoms in total. The van der Waals surface area contributed by atoms with Crippen molar-refractivity contribution < 1.29 is 19.2 Å². The SMILES string of the molecule is CN(N=Cc1ccc([N+](=O)[O-])o1)c1ccc([N+](=O)[O-])cc1[N+](=O)[O-]. The Morgan fingerprint density at radius 3 is 2.29 bits per heavy atom. The molecule has 0 fully saturated rings. The number of nitro benzene ring substituents is 2. The van der Waals surface area contributed by atoms with Gasteiger partial charge in [0.1, 0.15) is 10.6 Å². The predicted octanol–water partition coefficient (Wildman–Crippen LogP) is 2.47. The number of nitro groups is 3. The van der Waals surface area contributed by atoms with Crippen LogP contribution < -0.4 is 5.01 Å². The normalized spacial score (nSPS) is 10.7. The minimum Gasteiger partial charge on any atom is -0.400 e. The van der Waals surface area contributed by atoms with E-state index in [9.17, 15) is 30.3 Å². The smallest absolute Gasteiger partial charge is 0.400 e. The standard InChI is InChI=1S/C12H9N5O7/c1-14(13-7-9-3-5-12(24-9)17(22)23)10-4-2-8(15(18)19)6-11(10)16(20)21/h2-7H,1H3. The Kier molecular flexibility index (Phi) is 4.49. The summed E-state index contributed by atoms with van der Waals surface area (Å²) in [5, 5.41) is 37.2. The van der Waals surface area contributed by atoms with E-state index in [0.29, 0.717) is 0 Å². The van der Waals surface area contributed by atoms with Crippen LogP contribution >= 0.6 is 0 Å². The van der Waals surface area contributed by atoms with Crippen LogP contribution in [-0.4, -0.2) is 28.0 Å². The van der Waals surface area contributed by atoms with Gasteiger partial charge in [-0.25, -0.2) is 0 Å². The third-order valence-corrected chi connectivity index (χ3v) is 2.87. The number of non-ortho nitro benzene ring substituents is 1. The lowest BCUT2D eigenvalue weighted by Gasteiger charge is -2.12. The molecule has 0 saturated carbocycles. The molecular weight excluding hydrogens is 326 g/mol. The molecule has 0 unspecified atom stereocenters. The second-order valence-corrected chi connectivity index (χ2v) is 4.39. The Hall–Kier alpha value is -3.83. The summed E-state index contributed by atoms with van der Waals surface area (Å²) in [6.07, 6.45) is 1.12. The maximum atomic E-state index is 11.1. The van der Waals surface area contributed by atoms with Gasteiger partial charge in [-0.3, -0.25) is 35.4 Å². The summed E-state index contributed by atoms with van der Waals surface area (Å²) in [5.74, 6) is -0.404. The van der Waals surface area contributed by atoms with E-state index in [0.717, 1.165) is 29.4 Å². The van der Waals surface area contributed by atoms with Crippen molar-refractivity contribution in [1.82, 2.24) is 0 Å². The van der Waals surface area contributed by atoms with Gasteiger partial charge in [0, 0.05) is 13.1 Å². The second-order valence-electron chi connectivity index (χ2n) is 4.39. The Morgan fingerprint density at radius 2 is 1.75 bits per heavy atom. The molecule has 0 atom stereocenters. The lowest BCUT2D eigenvalue weighted by atomic mass is 10.2. The van der Waals surface area contributed by atoms with Crippen LogP contribution in [0.2, 0.25) is 0 Å². The Morgan fingerprint density at radius 1 is 1.04 bits per heavy atom. The summed E-state index contributed by atoms with van der Waals surface area (Å²) >= 11 is 0. The highest BCUT2D eigenvalue weighted by Gasteiger charge is 2.21. The van der Waals surface area contributed by atoms with Crippen LogP contribution in [-0.2, 0) is 0 Å². The van der Waals surface area contributed by atoms with Crippen molar-refractivity contribution in [2.75, 3.05) is 12.1 Å². The number of hydrogen-bond acceptors (Lipinski definition) is 9. The molecule has 0 saturated heterocycles. The maximum absolute atomic E-state index is 11.1. The van der Waals surface area contributed by atoms with E-state index in [2.05, 4.69) is 5.10 Å². The zero-order chi connectivity index (χ0) is 17.9. The first-order chi connectivity index (χ1) is 11.3. The summed E-state index contributed by atoms with van der Waals surface area (Å²) in [7, 11) is 1.38. The van der Waals surface area contributed by atoms with Gasteiger partial charge in [0.2, 0.25) is 0 Å². The van der Waals surface area contributed by atoms with Crippen LogP contribution in [0.25, 0.3) is 0 Å². The van der Waals surface area contributed by atoms with E-state index in [1.165, 1.54) is 19.2 Å². The van der Waals surface area contributed by atoms with Crippen molar-refractivity contribution >= 4 is 29.2 Å². The molecule has 0 bridgehead atoms. The van der Waals surface area contributed by atoms with Gasteiger partial charge in [0.25, 0.3) is 5.69 Å². The molecule has 0 aliphatic rings. The third-order valence-electron chi connectivity index (χ3n) is 2.87. The van der Waals surface area contributed by atoms with Crippen molar-refractivity contribution in [2.24, 2.45) is 5.10 Å². The molecule has 12 heteroatoms. The molecule has 0 radical (unpaired) electrons. The highest BCUT2D eigenvalue weighted by atomic mass is 16.7.